The lowest BCUT2D eigenvalue weighted by atomic mass is 9.91. The SMILES string of the molecule is C[C@@H]1CC(C)(C)C[C@H]1NC[C@@H]1CN(C)CCO1. The molecule has 0 aromatic carbocycles. The molecule has 0 amide bonds. The van der Waals surface area contributed by atoms with E-state index in [-0.39, 0.29) is 0 Å². The molecule has 3 heteroatoms. The highest BCUT2D eigenvalue weighted by atomic mass is 16.5. The first-order valence-corrected chi connectivity index (χ1v) is 7.00. The summed E-state index contributed by atoms with van der Waals surface area (Å²) in [5, 5.41) is 3.73. The lowest BCUT2D eigenvalue weighted by Gasteiger charge is -2.31. The van der Waals surface area contributed by atoms with Gasteiger partial charge in [-0.25, -0.2) is 0 Å². The monoisotopic (exact) mass is 240 g/mol. The summed E-state index contributed by atoms with van der Waals surface area (Å²) in [6, 6.07) is 0.681. The molecule has 17 heavy (non-hydrogen) atoms. The van der Waals surface area contributed by atoms with Gasteiger partial charge in [0.2, 0.25) is 0 Å². The summed E-state index contributed by atoms with van der Waals surface area (Å²) < 4.78 is 5.79. The van der Waals surface area contributed by atoms with E-state index in [1.165, 1.54) is 12.8 Å². The van der Waals surface area contributed by atoms with Crippen LogP contribution in [-0.2, 0) is 4.74 Å². The molecule has 0 bridgehead atoms. The Morgan fingerprint density at radius 2 is 2.12 bits per heavy atom. The fourth-order valence-electron chi connectivity index (χ4n) is 3.44. The van der Waals surface area contributed by atoms with Crippen molar-refractivity contribution in [2.24, 2.45) is 11.3 Å². The van der Waals surface area contributed by atoms with Crippen LogP contribution in [0.2, 0.25) is 0 Å². The van der Waals surface area contributed by atoms with Crippen LogP contribution in [0.5, 0.6) is 0 Å². The molecule has 0 spiro atoms. The number of nitrogens with zero attached hydrogens (tertiary/aromatic N) is 1. The van der Waals surface area contributed by atoms with Gasteiger partial charge in [-0.1, -0.05) is 20.8 Å². The molecular formula is C14H28N2O. The van der Waals surface area contributed by atoms with Gasteiger partial charge in [0, 0.05) is 25.7 Å². The van der Waals surface area contributed by atoms with Gasteiger partial charge in [0.05, 0.1) is 12.7 Å². The Balaban J connectivity index is 1.75. The summed E-state index contributed by atoms with van der Waals surface area (Å²) in [5.41, 5.74) is 0.515. The maximum absolute atomic E-state index is 5.79. The Hall–Kier alpha value is -0.120. The Morgan fingerprint density at radius 1 is 1.35 bits per heavy atom. The van der Waals surface area contributed by atoms with Crippen molar-refractivity contribution in [2.75, 3.05) is 33.3 Å². The van der Waals surface area contributed by atoms with Crippen LogP contribution in [0.25, 0.3) is 0 Å². The van der Waals surface area contributed by atoms with Crippen molar-refractivity contribution >= 4 is 0 Å². The van der Waals surface area contributed by atoms with Crippen LogP contribution in [0.4, 0.5) is 0 Å². The van der Waals surface area contributed by atoms with E-state index in [9.17, 15) is 0 Å². The first kappa shape index (κ1) is 13.3. The summed E-state index contributed by atoms with van der Waals surface area (Å²) in [5.74, 6) is 0.798. The molecule has 1 aliphatic carbocycles. The molecule has 1 N–H and O–H groups in total. The van der Waals surface area contributed by atoms with Gasteiger partial charge in [0.15, 0.2) is 0 Å². The maximum atomic E-state index is 5.79. The number of likely N-dealkylation sites (N-methyl/N-ethyl adjacent to an activating group) is 1. The molecule has 1 saturated carbocycles. The van der Waals surface area contributed by atoms with Crippen LogP contribution < -0.4 is 5.32 Å². The summed E-state index contributed by atoms with van der Waals surface area (Å²) in [6.07, 6.45) is 3.02. The first-order valence-electron chi connectivity index (χ1n) is 7.00. The van der Waals surface area contributed by atoms with Crippen molar-refractivity contribution in [3.8, 4) is 0 Å². The number of hydrogen-bond donors (Lipinski definition) is 1. The van der Waals surface area contributed by atoms with Gasteiger partial charge in [0.1, 0.15) is 0 Å². The smallest absolute Gasteiger partial charge is 0.0826 e. The summed E-state index contributed by atoms with van der Waals surface area (Å²) in [6.45, 7) is 11.2. The standard InChI is InChI=1S/C14H28N2O/c1-11-7-14(2,3)8-13(11)15-9-12-10-16(4)5-6-17-12/h11-13,15H,5-10H2,1-4H3/t11-,12-,13-/m1/s1. The van der Waals surface area contributed by atoms with Gasteiger partial charge >= 0.3 is 0 Å². The number of nitrogens with one attached hydrogen (secondary N) is 1. The molecule has 0 unspecified atom stereocenters. The van der Waals surface area contributed by atoms with E-state index in [1.807, 2.05) is 0 Å². The van der Waals surface area contributed by atoms with Gasteiger partial charge in [-0.15, -0.1) is 0 Å². The second-order valence-corrected chi connectivity index (χ2v) is 6.82. The van der Waals surface area contributed by atoms with Gasteiger partial charge in [-0.2, -0.15) is 0 Å². The van der Waals surface area contributed by atoms with E-state index in [1.54, 1.807) is 0 Å². The Kier molecular flexibility index (Phi) is 4.11. The average molecular weight is 240 g/mol. The van der Waals surface area contributed by atoms with Crippen LogP contribution in [0.3, 0.4) is 0 Å². The zero-order chi connectivity index (χ0) is 12.5. The second-order valence-electron chi connectivity index (χ2n) is 6.82. The highest BCUT2D eigenvalue weighted by molar-refractivity contribution is 4.91. The molecule has 0 aromatic heterocycles. The molecule has 2 aliphatic rings. The van der Waals surface area contributed by atoms with E-state index < -0.39 is 0 Å². The molecular weight excluding hydrogens is 212 g/mol. The zero-order valence-corrected chi connectivity index (χ0v) is 11.8. The van der Waals surface area contributed by atoms with Crippen LogP contribution >= 0.6 is 0 Å². The first-order chi connectivity index (χ1) is 7.96. The Morgan fingerprint density at radius 3 is 2.71 bits per heavy atom. The Labute approximate surface area is 106 Å². The number of hydrogen-bond acceptors (Lipinski definition) is 3. The molecule has 2 rings (SSSR count). The van der Waals surface area contributed by atoms with Gasteiger partial charge in [-0.3, -0.25) is 0 Å². The minimum absolute atomic E-state index is 0.379. The van der Waals surface area contributed by atoms with Gasteiger partial charge < -0.3 is 15.0 Å². The van der Waals surface area contributed by atoms with E-state index in [2.05, 4.69) is 38.0 Å². The highest BCUT2D eigenvalue weighted by Gasteiger charge is 2.36. The molecule has 3 atom stereocenters. The lowest BCUT2D eigenvalue weighted by molar-refractivity contribution is -0.0197. The average Bonchev–Trinajstić information content (AvgIpc) is 2.49. The molecule has 0 radical (unpaired) electrons. The van der Waals surface area contributed by atoms with E-state index in [0.29, 0.717) is 17.6 Å². The van der Waals surface area contributed by atoms with E-state index in [0.717, 1.165) is 32.2 Å². The fourth-order valence-corrected chi connectivity index (χ4v) is 3.44. The fraction of sp³-hybridized carbons (Fsp3) is 1.00. The van der Waals surface area contributed by atoms with Crippen molar-refractivity contribution < 1.29 is 4.74 Å². The van der Waals surface area contributed by atoms with Crippen LogP contribution in [0.1, 0.15) is 33.6 Å². The molecule has 1 heterocycles. The van der Waals surface area contributed by atoms with Crippen LogP contribution in [0.15, 0.2) is 0 Å². The maximum Gasteiger partial charge on any atom is 0.0826 e. The topological polar surface area (TPSA) is 24.5 Å². The quantitative estimate of drug-likeness (QED) is 0.813. The van der Waals surface area contributed by atoms with E-state index >= 15 is 0 Å². The van der Waals surface area contributed by atoms with E-state index in [4.69, 9.17) is 4.74 Å². The molecule has 1 saturated heterocycles. The van der Waals surface area contributed by atoms with Crippen molar-refractivity contribution in [1.29, 1.82) is 0 Å². The number of rotatable bonds is 3. The van der Waals surface area contributed by atoms with Crippen LogP contribution in [-0.4, -0.2) is 50.3 Å². The Bertz CT molecular complexity index is 255. The summed E-state index contributed by atoms with van der Waals surface area (Å²) in [4.78, 5) is 2.36. The number of morpholine rings is 1. The predicted molar refractivity (Wildman–Crippen MR) is 71.2 cm³/mol. The summed E-state index contributed by atoms with van der Waals surface area (Å²) >= 11 is 0. The second kappa shape index (κ2) is 5.25. The molecule has 1 aliphatic heterocycles. The minimum atomic E-state index is 0.379. The summed E-state index contributed by atoms with van der Waals surface area (Å²) in [7, 11) is 2.18. The molecule has 2 fully saturated rings. The number of ether oxygens (including phenoxy) is 1. The molecule has 100 valence electrons. The van der Waals surface area contributed by atoms with Crippen molar-refractivity contribution in [3.05, 3.63) is 0 Å². The van der Waals surface area contributed by atoms with Crippen molar-refractivity contribution in [3.63, 3.8) is 0 Å². The lowest BCUT2D eigenvalue weighted by Crippen LogP contribution is -2.47. The van der Waals surface area contributed by atoms with Crippen molar-refractivity contribution in [2.45, 2.75) is 45.8 Å². The molecule has 3 nitrogen and oxygen atoms in total. The third-order valence-corrected chi connectivity index (χ3v) is 4.28. The van der Waals surface area contributed by atoms with Crippen LogP contribution in [0, 0.1) is 11.3 Å². The van der Waals surface area contributed by atoms with Gasteiger partial charge in [0.25, 0.3) is 0 Å². The largest absolute Gasteiger partial charge is 0.374 e. The molecule has 0 aromatic rings. The highest BCUT2D eigenvalue weighted by Crippen LogP contribution is 2.40. The minimum Gasteiger partial charge on any atom is -0.374 e. The van der Waals surface area contributed by atoms with Crippen molar-refractivity contribution in [1.82, 2.24) is 10.2 Å². The van der Waals surface area contributed by atoms with Gasteiger partial charge in [-0.05, 0) is 31.2 Å². The zero-order valence-electron chi connectivity index (χ0n) is 11.8. The third kappa shape index (κ3) is 3.67. The predicted octanol–water partition coefficient (Wildman–Crippen LogP) is 1.73. The third-order valence-electron chi connectivity index (χ3n) is 4.28. The normalized spacial score (nSPS) is 38.5.